The lowest BCUT2D eigenvalue weighted by atomic mass is 10.2. The van der Waals surface area contributed by atoms with E-state index in [1.165, 1.54) is 22.8 Å². The van der Waals surface area contributed by atoms with Gasteiger partial charge in [-0.05, 0) is 18.6 Å². The third-order valence-corrected chi connectivity index (χ3v) is 4.43. The highest BCUT2D eigenvalue weighted by Gasteiger charge is 2.17. The smallest absolute Gasteiger partial charge is 0.320 e. The van der Waals surface area contributed by atoms with Gasteiger partial charge >= 0.3 is 5.69 Å². The maximum absolute atomic E-state index is 12.1. The van der Waals surface area contributed by atoms with Crippen LogP contribution in [0.3, 0.4) is 0 Å². The Morgan fingerprint density at radius 1 is 1.52 bits per heavy atom. The quantitative estimate of drug-likeness (QED) is 0.409. The number of carbonyl (C=O) groups is 1. The van der Waals surface area contributed by atoms with Gasteiger partial charge in [-0.2, -0.15) is 0 Å². The van der Waals surface area contributed by atoms with Gasteiger partial charge in [-0.1, -0.05) is 36.7 Å². The van der Waals surface area contributed by atoms with Crippen molar-refractivity contribution in [3.63, 3.8) is 0 Å². The normalized spacial score (nSPS) is 10.6. The average molecular weight is 386 g/mol. The van der Waals surface area contributed by atoms with Crippen LogP contribution < -0.4 is 11.0 Å². The minimum absolute atomic E-state index is 0.0454. The Kier molecular flexibility index (Phi) is 6.59. The number of aromatic amines is 1. The van der Waals surface area contributed by atoms with Crippen molar-refractivity contribution in [2.24, 2.45) is 0 Å². The first-order valence-electron chi connectivity index (χ1n) is 7.44. The van der Waals surface area contributed by atoms with Crippen molar-refractivity contribution in [3.8, 4) is 0 Å². The number of nitro groups is 1. The van der Waals surface area contributed by atoms with Crippen LogP contribution in [0.15, 0.2) is 28.2 Å². The fourth-order valence-electron chi connectivity index (χ4n) is 2.00. The van der Waals surface area contributed by atoms with Crippen LogP contribution in [0, 0.1) is 10.1 Å². The highest BCUT2D eigenvalue weighted by atomic mass is 35.5. The number of carbonyl (C=O) groups excluding carboxylic acids is 1. The molecule has 1 aromatic heterocycles. The number of hydrogen-bond acceptors (Lipinski definition) is 6. The van der Waals surface area contributed by atoms with Gasteiger partial charge in [0.1, 0.15) is 5.69 Å². The van der Waals surface area contributed by atoms with Crippen molar-refractivity contribution in [1.82, 2.24) is 14.8 Å². The Morgan fingerprint density at radius 3 is 2.96 bits per heavy atom. The van der Waals surface area contributed by atoms with Crippen LogP contribution in [0.1, 0.15) is 19.8 Å². The molecule has 0 aliphatic heterocycles. The number of aromatic nitrogens is 3. The number of hydrogen-bond donors (Lipinski definition) is 2. The summed E-state index contributed by atoms with van der Waals surface area (Å²) in [6.07, 6.45) is 1.73. The number of anilines is 1. The highest BCUT2D eigenvalue weighted by Crippen LogP contribution is 2.28. The van der Waals surface area contributed by atoms with Gasteiger partial charge in [-0.25, -0.2) is 9.89 Å². The predicted molar refractivity (Wildman–Crippen MR) is 95.2 cm³/mol. The molecule has 0 bridgehead atoms. The van der Waals surface area contributed by atoms with E-state index in [4.69, 9.17) is 11.6 Å². The number of nitro benzene ring substituents is 1. The molecule has 2 aromatic rings. The fraction of sp³-hybridized carbons (Fsp3) is 0.357. The van der Waals surface area contributed by atoms with Gasteiger partial charge in [0.25, 0.3) is 5.69 Å². The molecule has 0 saturated heterocycles. The molecule has 0 saturated carbocycles. The molecule has 25 heavy (non-hydrogen) atoms. The first-order chi connectivity index (χ1) is 11.9. The van der Waals surface area contributed by atoms with Crippen molar-refractivity contribution >= 4 is 40.6 Å². The molecule has 1 aromatic carbocycles. The number of thioether (sulfide) groups is 1. The molecule has 0 aliphatic carbocycles. The van der Waals surface area contributed by atoms with Crippen molar-refractivity contribution in [1.29, 1.82) is 0 Å². The Labute approximate surface area is 151 Å². The number of nitrogens with zero attached hydrogens (tertiary/aromatic N) is 3. The molecule has 134 valence electrons. The van der Waals surface area contributed by atoms with Gasteiger partial charge in [-0.15, -0.1) is 5.10 Å². The largest absolute Gasteiger partial charge is 0.343 e. The number of amides is 1. The second-order valence-corrected chi connectivity index (χ2v) is 6.45. The van der Waals surface area contributed by atoms with E-state index in [0.717, 1.165) is 24.6 Å². The van der Waals surface area contributed by atoms with Gasteiger partial charge in [0.2, 0.25) is 5.91 Å². The van der Waals surface area contributed by atoms with E-state index in [0.29, 0.717) is 11.7 Å². The maximum Gasteiger partial charge on any atom is 0.343 e. The minimum atomic E-state index is -0.620. The summed E-state index contributed by atoms with van der Waals surface area (Å²) in [5.74, 6) is -0.496. The van der Waals surface area contributed by atoms with Gasteiger partial charge in [0.05, 0.1) is 10.7 Å². The maximum atomic E-state index is 12.1. The third kappa shape index (κ3) is 5.07. The highest BCUT2D eigenvalue weighted by molar-refractivity contribution is 7.99. The van der Waals surface area contributed by atoms with Crippen LogP contribution in [-0.2, 0) is 11.3 Å². The first kappa shape index (κ1) is 19.0. The lowest BCUT2D eigenvalue weighted by Crippen LogP contribution is -2.19. The molecule has 1 amide bonds. The second kappa shape index (κ2) is 8.67. The number of H-pyrrole nitrogens is 1. The van der Waals surface area contributed by atoms with Crippen LogP contribution in [0.4, 0.5) is 11.4 Å². The Morgan fingerprint density at radius 2 is 2.28 bits per heavy atom. The standard InChI is InChI=1S/C14H16ClN5O4S/c1-2-3-6-19-13(22)17-18-14(19)25-8-12(21)16-10-5-4-9(15)7-11(10)20(23)24/h4-5,7H,2-3,6,8H2,1H3,(H,16,21)(H,17,22). The van der Waals surface area contributed by atoms with Gasteiger partial charge in [-0.3, -0.25) is 19.5 Å². The molecule has 2 N–H and O–H groups in total. The van der Waals surface area contributed by atoms with Gasteiger partial charge in [0, 0.05) is 17.6 Å². The summed E-state index contributed by atoms with van der Waals surface area (Å²) in [6, 6.07) is 3.99. The molecule has 0 atom stereocenters. The van der Waals surface area contributed by atoms with Gasteiger partial charge in [0.15, 0.2) is 5.16 Å². The summed E-state index contributed by atoms with van der Waals surface area (Å²) in [7, 11) is 0. The molecule has 0 spiro atoms. The Hall–Kier alpha value is -2.33. The van der Waals surface area contributed by atoms with Crippen LogP contribution in [-0.4, -0.2) is 31.3 Å². The number of rotatable bonds is 8. The zero-order chi connectivity index (χ0) is 18.4. The summed E-state index contributed by atoms with van der Waals surface area (Å²) in [4.78, 5) is 34.1. The van der Waals surface area contributed by atoms with E-state index in [1.54, 1.807) is 0 Å². The average Bonchev–Trinajstić information content (AvgIpc) is 2.92. The van der Waals surface area contributed by atoms with E-state index >= 15 is 0 Å². The van der Waals surface area contributed by atoms with Gasteiger partial charge < -0.3 is 5.32 Å². The molecular formula is C14H16ClN5O4S. The SMILES string of the molecule is CCCCn1c(SCC(=O)Nc2ccc(Cl)cc2[N+](=O)[O-])n[nH]c1=O. The molecule has 0 radical (unpaired) electrons. The zero-order valence-corrected chi connectivity index (χ0v) is 14.9. The van der Waals surface area contributed by atoms with E-state index in [9.17, 15) is 19.7 Å². The summed E-state index contributed by atoms with van der Waals surface area (Å²) < 4.78 is 1.46. The predicted octanol–water partition coefficient (Wildman–Crippen LogP) is 2.66. The lowest BCUT2D eigenvalue weighted by Gasteiger charge is -2.07. The second-order valence-electron chi connectivity index (χ2n) is 5.07. The molecule has 0 unspecified atom stereocenters. The number of unbranched alkanes of at least 4 members (excludes halogenated alkanes) is 1. The summed E-state index contributed by atoms with van der Waals surface area (Å²) in [5.41, 5.74) is -0.555. The van der Waals surface area contributed by atoms with E-state index < -0.39 is 10.8 Å². The molecule has 1 heterocycles. The van der Waals surface area contributed by atoms with Crippen LogP contribution in [0.25, 0.3) is 0 Å². The van der Waals surface area contributed by atoms with Crippen molar-refractivity contribution in [2.45, 2.75) is 31.5 Å². The molecular weight excluding hydrogens is 370 g/mol. The van der Waals surface area contributed by atoms with Crippen molar-refractivity contribution in [3.05, 3.63) is 43.8 Å². The monoisotopic (exact) mass is 385 g/mol. The molecule has 2 rings (SSSR count). The van der Waals surface area contributed by atoms with E-state index in [-0.39, 0.29) is 27.8 Å². The van der Waals surface area contributed by atoms with E-state index in [1.807, 2.05) is 6.92 Å². The zero-order valence-electron chi connectivity index (χ0n) is 13.3. The molecule has 0 aliphatic rings. The Bertz CT molecular complexity index is 835. The first-order valence-corrected chi connectivity index (χ1v) is 8.80. The summed E-state index contributed by atoms with van der Waals surface area (Å²) in [6.45, 7) is 2.52. The van der Waals surface area contributed by atoms with Crippen LogP contribution in [0.2, 0.25) is 5.02 Å². The number of nitrogens with one attached hydrogen (secondary N) is 2. The minimum Gasteiger partial charge on any atom is -0.320 e. The molecule has 9 nitrogen and oxygen atoms in total. The number of benzene rings is 1. The molecule has 11 heteroatoms. The number of halogens is 1. The van der Waals surface area contributed by atoms with Crippen LogP contribution in [0.5, 0.6) is 0 Å². The van der Waals surface area contributed by atoms with Crippen LogP contribution >= 0.6 is 23.4 Å². The van der Waals surface area contributed by atoms with Crippen molar-refractivity contribution < 1.29 is 9.72 Å². The fourth-order valence-corrected chi connectivity index (χ4v) is 2.94. The summed E-state index contributed by atoms with van der Waals surface area (Å²) in [5, 5.41) is 20.3. The third-order valence-electron chi connectivity index (χ3n) is 3.22. The summed E-state index contributed by atoms with van der Waals surface area (Å²) >= 11 is 6.81. The van der Waals surface area contributed by atoms with Crippen molar-refractivity contribution in [2.75, 3.05) is 11.1 Å². The van der Waals surface area contributed by atoms with E-state index in [2.05, 4.69) is 15.5 Å². The Balaban J connectivity index is 2.03. The molecule has 0 fully saturated rings. The lowest BCUT2D eigenvalue weighted by molar-refractivity contribution is -0.383. The topological polar surface area (TPSA) is 123 Å².